The summed E-state index contributed by atoms with van der Waals surface area (Å²) in [4.78, 5) is 91.9. The Labute approximate surface area is 315 Å². The fourth-order valence-electron chi connectivity index (χ4n) is 6.89. The van der Waals surface area contributed by atoms with Crippen LogP contribution < -0.4 is 31.3 Å². The van der Waals surface area contributed by atoms with Gasteiger partial charge in [-0.05, 0) is 61.3 Å². The summed E-state index contributed by atoms with van der Waals surface area (Å²) in [6.07, 6.45) is 8.46. The minimum atomic E-state index is -1.37. The van der Waals surface area contributed by atoms with E-state index in [1.165, 1.54) is 12.1 Å². The number of hydrogen-bond acceptors (Lipinski definition) is 8. The average molecular weight is 748 g/mol. The lowest BCUT2D eigenvalue weighted by Crippen LogP contribution is -2.59. The topological polar surface area (TPSA) is 209 Å². The number of aliphatic carboxylic acids is 1. The van der Waals surface area contributed by atoms with Crippen molar-refractivity contribution in [3.8, 4) is 5.75 Å². The van der Waals surface area contributed by atoms with Gasteiger partial charge in [0.1, 0.15) is 17.8 Å². The lowest BCUT2D eigenvalue weighted by Gasteiger charge is -2.31. The number of carboxylic acid groups (broad SMARTS) is 1. The van der Waals surface area contributed by atoms with Crippen LogP contribution >= 0.6 is 0 Å². The molecule has 2 aromatic carbocycles. The first-order valence-corrected chi connectivity index (χ1v) is 19.1. The zero-order valence-corrected chi connectivity index (χ0v) is 30.9. The van der Waals surface area contributed by atoms with Crippen molar-refractivity contribution >= 4 is 41.3 Å². The highest BCUT2D eigenvalue weighted by molar-refractivity contribution is 6.38. The Morgan fingerprint density at radius 2 is 1.59 bits per heavy atom. The summed E-state index contributed by atoms with van der Waals surface area (Å²) < 4.78 is 5.94. The summed E-state index contributed by atoms with van der Waals surface area (Å²) in [6, 6.07) is 10.5. The van der Waals surface area contributed by atoms with Crippen molar-refractivity contribution in [1.29, 1.82) is 0 Å². The fraction of sp³-hybridized carbons (Fsp3) is 0.525. The zero-order chi connectivity index (χ0) is 38.9. The Hall–Kier alpha value is -5.27. The van der Waals surface area contributed by atoms with Crippen molar-refractivity contribution < 1.29 is 43.4 Å². The van der Waals surface area contributed by atoms with Gasteiger partial charge in [0.15, 0.2) is 6.04 Å². The Balaban J connectivity index is 1.50. The van der Waals surface area contributed by atoms with Crippen molar-refractivity contribution in [2.45, 2.75) is 115 Å². The maximum Gasteiger partial charge on any atom is 0.330 e. The number of fused-ring (bicyclic) bond motifs is 2. The van der Waals surface area contributed by atoms with Crippen LogP contribution in [0.2, 0.25) is 0 Å². The van der Waals surface area contributed by atoms with E-state index >= 15 is 0 Å². The molecule has 4 atom stereocenters. The Morgan fingerprint density at radius 1 is 0.870 bits per heavy atom. The summed E-state index contributed by atoms with van der Waals surface area (Å²) >= 11 is 0. The normalized spacial score (nSPS) is 20.0. The molecule has 0 radical (unpaired) electrons. The lowest BCUT2D eigenvalue weighted by molar-refractivity contribution is -0.142. The number of rotatable bonds is 12. The molecule has 292 valence electrons. The highest BCUT2D eigenvalue weighted by Crippen LogP contribution is 2.27. The minimum absolute atomic E-state index is 0.0334. The molecule has 4 rings (SSSR count). The van der Waals surface area contributed by atoms with E-state index in [1.807, 2.05) is 6.07 Å². The van der Waals surface area contributed by atoms with E-state index < -0.39 is 66.1 Å². The fourth-order valence-corrected chi connectivity index (χ4v) is 6.89. The van der Waals surface area contributed by atoms with E-state index in [4.69, 9.17) is 4.74 Å². The summed E-state index contributed by atoms with van der Waals surface area (Å²) in [7, 11) is 0. The Morgan fingerprint density at radius 3 is 2.31 bits per heavy atom. The predicted octanol–water partition coefficient (Wildman–Crippen LogP) is 3.03. The number of nitrogens with one attached hydrogen (secondary N) is 5. The smallest absolute Gasteiger partial charge is 0.330 e. The quantitative estimate of drug-likeness (QED) is 0.176. The second-order valence-electron chi connectivity index (χ2n) is 14.0. The number of amides is 5. The van der Waals surface area contributed by atoms with E-state index in [9.17, 15) is 38.7 Å². The van der Waals surface area contributed by atoms with Crippen molar-refractivity contribution in [3.63, 3.8) is 0 Å². The van der Waals surface area contributed by atoms with E-state index in [0.29, 0.717) is 36.3 Å². The number of ether oxygens (including phenoxy) is 1. The van der Waals surface area contributed by atoms with Gasteiger partial charge in [-0.3, -0.25) is 28.8 Å². The molecule has 0 aromatic heterocycles. The van der Waals surface area contributed by atoms with Crippen LogP contribution in [0.1, 0.15) is 101 Å². The molecule has 14 heteroatoms. The average Bonchev–Trinajstić information content (AvgIpc) is 3.17. The second kappa shape index (κ2) is 21.4. The Bertz CT molecular complexity index is 1610. The van der Waals surface area contributed by atoms with Crippen LogP contribution in [0.4, 0.5) is 0 Å². The van der Waals surface area contributed by atoms with Crippen LogP contribution in [0.25, 0.3) is 0 Å². The van der Waals surface area contributed by atoms with Gasteiger partial charge in [-0.1, -0.05) is 87.9 Å². The molecule has 1 aliphatic carbocycles. The maximum atomic E-state index is 14.0. The van der Waals surface area contributed by atoms with Gasteiger partial charge in [-0.15, -0.1) is 0 Å². The second-order valence-corrected chi connectivity index (χ2v) is 14.0. The van der Waals surface area contributed by atoms with E-state index in [0.717, 1.165) is 51.4 Å². The summed E-state index contributed by atoms with van der Waals surface area (Å²) in [5.74, 6) is -5.20. The molecule has 1 aliphatic heterocycles. The number of carboxylic acids is 1. The number of Topliss-reactive ketones (excluding diaryl/α,β-unsaturated/α-hetero) is 1. The number of ketones is 1. The molecular weight excluding hydrogens is 694 g/mol. The molecule has 2 aromatic rings. The van der Waals surface area contributed by atoms with Crippen molar-refractivity contribution in [2.24, 2.45) is 5.92 Å². The third kappa shape index (κ3) is 13.0. The van der Waals surface area contributed by atoms with Crippen molar-refractivity contribution in [1.82, 2.24) is 26.6 Å². The first-order chi connectivity index (χ1) is 26.0. The molecule has 2 aliphatic rings. The molecule has 1 heterocycles. The lowest BCUT2D eigenvalue weighted by atomic mass is 9.83. The van der Waals surface area contributed by atoms with Crippen LogP contribution in [0.5, 0.6) is 5.75 Å². The summed E-state index contributed by atoms with van der Waals surface area (Å²) in [6.45, 7) is 1.57. The minimum Gasteiger partial charge on any atom is -0.494 e. The van der Waals surface area contributed by atoms with Gasteiger partial charge < -0.3 is 36.4 Å². The van der Waals surface area contributed by atoms with Crippen LogP contribution in [0.3, 0.4) is 0 Å². The van der Waals surface area contributed by atoms with Crippen LogP contribution in [0.15, 0.2) is 54.6 Å². The summed E-state index contributed by atoms with van der Waals surface area (Å²) in [5, 5.41) is 22.7. The van der Waals surface area contributed by atoms with Crippen molar-refractivity contribution in [2.75, 3.05) is 13.2 Å². The predicted molar refractivity (Wildman–Crippen MR) is 199 cm³/mol. The Kier molecular flexibility index (Phi) is 16.5. The molecule has 54 heavy (non-hydrogen) atoms. The molecule has 6 N–H and O–H groups in total. The van der Waals surface area contributed by atoms with Crippen molar-refractivity contribution in [3.05, 3.63) is 65.7 Å². The molecule has 14 nitrogen and oxygen atoms in total. The van der Waals surface area contributed by atoms with Gasteiger partial charge >= 0.3 is 5.97 Å². The molecule has 0 saturated heterocycles. The highest BCUT2D eigenvalue weighted by atomic mass is 16.5. The first-order valence-electron chi connectivity index (χ1n) is 19.1. The number of carbonyl (C=O) groups is 7. The van der Waals surface area contributed by atoms with Gasteiger partial charge in [-0.25, -0.2) is 4.79 Å². The van der Waals surface area contributed by atoms with Crippen LogP contribution in [-0.4, -0.2) is 77.7 Å². The molecule has 2 unspecified atom stereocenters. The molecule has 1 saturated carbocycles. The van der Waals surface area contributed by atoms with Gasteiger partial charge in [0.2, 0.25) is 29.4 Å². The third-order valence-electron chi connectivity index (χ3n) is 9.79. The van der Waals surface area contributed by atoms with Crippen LogP contribution in [-0.2, 0) is 40.0 Å². The molecule has 2 bridgehead atoms. The molecule has 5 amide bonds. The van der Waals surface area contributed by atoms with E-state index in [-0.39, 0.29) is 31.1 Å². The van der Waals surface area contributed by atoms with Gasteiger partial charge in [0.05, 0.1) is 19.2 Å². The maximum absolute atomic E-state index is 14.0. The monoisotopic (exact) mass is 747 g/mol. The molecule has 0 spiro atoms. The number of benzene rings is 2. The third-order valence-corrected chi connectivity index (χ3v) is 9.79. The standard InChI is InChI=1S/C40H53N5O9/c1-2-14-30(36(48)39(51)41-25-33(47)45-35(40(52)53)28-18-9-6-10-19-28)42-37(49)31-24-26-15-13-20-29(23-26)54-22-12-4-3-11-21-32(46)44-34(38(50)43-31)27-16-7-5-8-17-27/h6,9-10,13,15,18-20,23,27,30-31,34-35H,2-5,7-8,11-12,14,16-17,21-22,24-25H2,1H3,(H,41,51)(H,42,49)(H,43,50)(H,44,46)(H,45,47)(H,52,53)/t30?,31?,34-,35-/m0/s1. The van der Waals surface area contributed by atoms with Crippen LogP contribution in [0, 0.1) is 5.92 Å². The van der Waals surface area contributed by atoms with E-state index in [1.54, 1.807) is 43.3 Å². The van der Waals surface area contributed by atoms with Gasteiger partial charge in [-0.2, -0.15) is 0 Å². The molecule has 1 fully saturated rings. The SMILES string of the molecule is CCCC(NC(=O)C1Cc2cccc(c2)OCCCCCCC(=O)N[C@@H](C2CCCCC2)C(=O)N1)C(=O)C(=O)NCC(=O)N[C@H](C(=O)O)c1ccccc1. The molecular formula is C40H53N5O9. The van der Waals surface area contributed by atoms with Gasteiger partial charge in [0, 0.05) is 12.8 Å². The number of carbonyl (C=O) groups excluding carboxylic acids is 6. The van der Waals surface area contributed by atoms with Gasteiger partial charge in [0.25, 0.3) is 5.91 Å². The first kappa shape index (κ1) is 41.5. The zero-order valence-electron chi connectivity index (χ0n) is 30.9. The summed E-state index contributed by atoms with van der Waals surface area (Å²) in [5.41, 5.74) is 1.01. The number of hydrogen-bond donors (Lipinski definition) is 6. The largest absolute Gasteiger partial charge is 0.494 e. The van der Waals surface area contributed by atoms with E-state index in [2.05, 4.69) is 26.6 Å². The highest BCUT2D eigenvalue weighted by Gasteiger charge is 2.35.